The quantitative estimate of drug-likeness (QED) is 0.690. The molecule has 1 aliphatic heterocycles. The van der Waals surface area contributed by atoms with Crippen molar-refractivity contribution in [3.63, 3.8) is 0 Å². The molecule has 0 saturated carbocycles. The predicted molar refractivity (Wildman–Crippen MR) is 108 cm³/mol. The van der Waals surface area contributed by atoms with Crippen molar-refractivity contribution in [3.05, 3.63) is 59.1 Å². The van der Waals surface area contributed by atoms with Crippen molar-refractivity contribution in [2.24, 2.45) is 0 Å². The van der Waals surface area contributed by atoms with Crippen molar-refractivity contribution in [2.45, 2.75) is 25.8 Å². The molecule has 1 aromatic carbocycles. The fraction of sp³-hybridized carbons (Fsp3) is 0.381. The summed E-state index contributed by atoms with van der Waals surface area (Å²) in [4.78, 5) is 15.2. The molecule has 136 valence electrons. The Bertz CT molecular complexity index is 862. The molecule has 4 rings (SSSR count). The lowest BCUT2D eigenvalue weighted by Gasteiger charge is -2.15. The molecule has 0 bridgehead atoms. The molecule has 26 heavy (non-hydrogen) atoms. The lowest BCUT2D eigenvalue weighted by atomic mass is 10.1. The minimum absolute atomic E-state index is 0.0423. The molecule has 1 N–H and O–H groups in total. The van der Waals surface area contributed by atoms with Crippen LogP contribution in [0.1, 0.15) is 28.9 Å². The number of aromatic nitrogens is 1. The molecule has 1 aliphatic rings. The molecule has 3 heterocycles. The largest absolute Gasteiger partial charge is 0.349 e. The zero-order valence-electron chi connectivity index (χ0n) is 15.0. The van der Waals surface area contributed by atoms with E-state index in [-0.39, 0.29) is 5.91 Å². The SMILES string of the molecule is O=C(NCCN1CCCC1)c1cc2sccc2n1CCc1ccccc1. The summed E-state index contributed by atoms with van der Waals surface area (Å²) >= 11 is 1.70. The smallest absolute Gasteiger partial charge is 0.268 e. The van der Waals surface area contributed by atoms with Crippen LogP contribution in [0.2, 0.25) is 0 Å². The first-order valence-corrected chi connectivity index (χ1v) is 10.3. The van der Waals surface area contributed by atoms with Crippen molar-refractivity contribution in [3.8, 4) is 0 Å². The van der Waals surface area contributed by atoms with E-state index in [0.29, 0.717) is 0 Å². The number of benzene rings is 1. The molecular weight excluding hydrogens is 342 g/mol. The Labute approximate surface area is 158 Å². The van der Waals surface area contributed by atoms with Gasteiger partial charge in [0.25, 0.3) is 5.91 Å². The number of amides is 1. The Morgan fingerprint density at radius 2 is 1.88 bits per heavy atom. The molecular formula is C21H25N3OS. The normalized spacial score (nSPS) is 14.9. The third-order valence-electron chi connectivity index (χ3n) is 5.13. The van der Waals surface area contributed by atoms with Crippen LogP contribution in [0.25, 0.3) is 10.2 Å². The topological polar surface area (TPSA) is 37.3 Å². The summed E-state index contributed by atoms with van der Waals surface area (Å²) in [6.45, 7) is 4.82. The van der Waals surface area contributed by atoms with Gasteiger partial charge in [0.1, 0.15) is 5.69 Å². The number of nitrogens with one attached hydrogen (secondary N) is 1. The molecule has 2 aromatic heterocycles. The van der Waals surface area contributed by atoms with Crippen LogP contribution in [0.5, 0.6) is 0 Å². The van der Waals surface area contributed by atoms with Crippen LogP contribution in [-0.4, -0.2) is 41.6 Å². The van der Waals surface area contributed by atoms with E-state index in [4.69, 9.17) is 0 Å². The summed E-state index contributed by atoms with van der Waals surface area (Å²) in [7, 11) is 0. The van der Waals surface area contributed by atoms with Crippen LogP contribution >= 0.6 is 11.3 Å². The van der Waals surface area contributed by atoms with Gasteiger partial charge in [0.05, 0.1) is 10.2 Å². The van der Waals surface area contributed by atoms with Gasteiger partial charge in [-0.2, -0.15) is 0 Å². The van der Waals surface area contributed by atoms with Gasteiger partial charge in [-0.3, -0.25) is 4.79 Å². The standard InChI is InChI=1S/C21H25N3OS/c25-21(22-10-14-23-11-4-5-12-23)19-16-20-18(9-15-26-20)24(19)13-8-17-6-2-1-3-7-17/h1-3,6-7,9,15-16H,4-5,8,10-14H2,(H,22,25). The molecule has 0 atom stereocenters. The first kappa shape index (κ1) is 17.3. The predicted octanol–water partition coefficient (Wildman–Crippen LogP) is 3.77. The molecule has 0 spiro atoms. The highest BCUT2D eigenvalue weighted by Gasteiger charge is 2.17. The fourth-order valence-electron chi connectivity index (χ4n) is 3.72. The molecule has 4 nitrogen and oxygen atoms in total. The molecule has 5 heteroatoms. The Balaban J connectivity index is 1.45. The van der Waals surface area contributed by atoms with Crippen LogP contribution in [0.3, 0.4) is 0 Å². The highest BCUT2D eigenvalue weighted by atomic mass is 32.1. The number of nitrogens with zero attached hydrogens (tertiary/aromatic N) is 2. The molecule has 0 radical (unpaired) electrons. The van der Waals surface area contributed by atoms with Gasteiger partial charge in [-0.25, -0.2) is 0 Å². The van der Waals surface area contributed by atoms with E-state index >= 15 is 0 Å². The summed E-state index contributed by atoms with van der Waals surface area (Å²) in [6.07, 6.45) is 3.49. The van der Waals surface area contributed by atoms with E-state index in [1.165, 1.54) is 36.2 Å². The summed E-state index contributed by atoms with van der Waals surface area (Å²) < 4.78 is 3.35. The van der Waals surface area contributed by atoms with E-state index in [1.807, 2.05) is 12.1 Å². The number of likely N-dealkylation sites (tertiary alicyclic amines) is 1. The van der Waals surface area contributed by atoms with Gasteiger partial charge >= 0.3 is 0 Å². The number of hydrogen-bond acceptors (Lipinski definition) is 3. The van der Waals surface area contributed by atoms with Crippen LogP contribution in [0.15, 0.2) is 47.8 Å². The van der Waals surface area contributed by atoms with Gasteiger partial charge in [-0.15, -0.1) is 11.3 Å². The van der Waals surface area contributed by atoms with E-state index in [9.17, 15) is 4.79 Å². The van der Waals surface area contributed by atoms with Crippen LogP contribution in [-0.2, 0) is 13.0 Å². The number of rotatable bonds is 7. The highest BCUT2D eigenvalue weighted by Crippen LogP contribution is 2.25. The average molecular weight is 368 g/mol. The fourth-order valence-corrected chi connectivity index (χ4v) is 4.54. The monoisotopic (exact) mass is 367 g/mol. The van der Waals surface area contributed by atoms with Gasteiger partial charge in [-0.05, 0) is 55.4 Å². The van der Waals surface area contributed by atoms with Gasteiger partial charge in [0.15, 0.2) is 0 Å². The maximum atomic E-state index is 12.8. The molecule has 1 fully saturated rings. The van der Waals surface area contributed by atoms with Crippen LogP contribution in [0, 0.1) is 0 Å². The summed E-state index contributed by atoms with van der Waals surface area (Å²) in [5.74, 6) is 0.0423. The number of carbonyl (C=O) groups is 1. The van der Waals surface area contributed by atoms with Gasteiger partial charge in [0, 0.05) is 19.6 Å². The molecule has 1 saturated heterocycles. The van der Waals surface area contributed by atoms with E-state index in [1.54, 1.807) is 11.3 Å². The maximum absolute atomic E-state index is 12.8. The summed E-state index contributed by atoms with van der Waals surface area (Å²) in [6, 6.07) is 14.6. The van der Waals surface area contributed by atoms with Crippen molar-refractivity contribution >= 4 is 27.5 Å². The second-order valence-electron chi connectivity index (χ2n) is 6.89. The molecule has 1 amide bonds. The number of fused-ring (bicyclic) bond motifs is 1. The van der Waals surface area contributed by atoms with Crippen LogP contribution in [0.4, 0.5) is 0 Å². The second kappa shape index (κ2) is 8.06. The van der Waals surface area contributed by atoms with E-state index in [2.05, 4.69) is 50.5 Å². The van der Waals surface area contributed by atoms with Crippen molar-refractivity contribution in [1.82, 2.24) is 14.8 Å². The minimum atomic E-state index is 0.0423. The maximum Gasteiger partial charge on any atom is 0.268 e. The highest BCUT2D eigenvalue weighted by molar-refractivity contribution is 7.17. The number of thiophene rings is 1. The number of hydrogen-bond donors (Lipinski definition) is 1. The molecule has 0 aliphatic carbocycles. The lowest BCUT2D eigenvalue weighted by molar-refractivity contribution is 0.0941. The Morgan fingerprint density at radius 1 is 1.08 bits per heavy atom. The third kappa shape index (κ3) is 3.84. The van der Waals surface area contributed by atoms with Gasteiger partial charge in [-0.1, -0.05) is 30.3 Å². The second-order valence-corrected chi connectivity index (χ2v) is 7.84. The zero-order chi connectivity index (χ0) is 17.8. The van der Waals surface area contributed by atoms with Crippen LogP contribution < -0.4 is 5.32 Å². The summed E-state index contributed by atoms with van der Waals surface area (Å²) in [5.41, 5.74) is 3.24. The third-order valence-corrected chi connectivity index (χ3v) is 5.99. The van der Waals surface area contributed by atoms with Crippen molar-refractivity contribution in [2.75, 3.05) is 26.2 Å². The van der Waals surface area contributed by atoms with E-state index < -0.39 is 0 Å². The Hall–Kier alpha value is -2.11. The van der Waals surface area contributed by atoms with Gasteiger partial charge in [0.2, 0.25) is 0 Å². The average Bonchev–Trinajstić information content (AvgIpc) is 3.38. The van der Waals surface area contributed by atoms with E-state index in [0.717, 1.165) is 37.3 Å². The lowest BCUT2D eigenvalue weighted by Crippen LogP contribution is -2.34. The van der Waals surface area contributed by atoms with Gasteiger partial charge < -0.3 is 14.8 Å². The molecule has 3 aromatic rings. The summed E-state index contributed by atoms with van der Waals surface area (Å²) in [5, 5.41) is 5.21. The first-order chi connectivity index (χ1) is 12.8. The zero-order valence-corrected chi connectivity index (χ0v) is 15.8. The van der Waals surface area contributed by atoms with Crippen molar-refractivity contribution < 1.29 is 4.79 Å². The Kier molecular flexibility index (Phi) is 5.37. The molecule has 0 unspecified atom stereocenters. The Morgan fingerprint density at radius 3 is 2.69 bits per heavy atom. The number of aryl methyl sites for hydroxylation is 2. The minimum Gasteiger partial charge on any atom is -0.349 e. The first-order valence-electron chi connectivity index (χ1n) is 9.42. The number of carbonyl (C=O) groups excluding carboxylic acids is 1. The van der Waals surface area contributed by atoms with Crippen molar-refractivity contribution in [1.29, 1.82) is 0 Å².